The van der Waals surface area contributed by atoms with Crippen LogP contribution in [0.5, 0.6) is 0 Å². The lowest BCUT2D eigenvalue weighted by molar-refractivity contribution is 0.192. The van der Waals surface area contributed by atoms with Crippen molar-refractivity contribution < 1.29 is 5.11 Å². The maximum Gasteiger partial charge on any atom is 0.138 e. The Balaban J connectivity index is 2.43. The van der Waals surface area contributed by atoms with Crippen LogP contribution in [-0.4, -0.2) is 33.0 Å². The molecule has 0 aliphatic heterocycles. The normalized spacial score (nSPS) is 14.2. The summed E-state index contributed by atoms with van der Waals surface area (Å²) in [6.07, 6.45) is 2.13. The Hall–Kier alpha value is -1.72. The van der Waals surface area contributed by atoms with Crippen molar-refractivity contribution in [2.75, 3.05) is 13.2 Å². The summed E-state index contributed by atoms with van der Waals surface area (Å²) >= 11 is 0. The number of rotatable bonds is 6. The van der Waals surface area contributed by atoms with Crippen molar-refractivity contribution in [3.8, 4) is 0 Å². The highest BCUT2D eigenvalue weighted by atomic mass is 16.3. The highest BCUT2D eigenvalue weighted by Gasteiger charge is 2.33. The molecule has 0 aliphatic rings. The van der Waals surface area contributed by atoms with Crippen LogP contribution in [0.1, 0.15) is 23.9 Å². The molecule has 0 aliphatic carbocycles. The molecule has 0 bridgehead atoms. The zero-order valence-electron chi connectivity index (χ0n) is 12.1. The van der Waals surface area contributed by atoms with E-state index in [2.05, 4.69) is 10.1 Å². The molecule has 5 nitrogen and oxygen atoms in total. The first kappa shape index (κ1) is 14.7. The predicted molar refractivity (Wildman–Crippen MR) is 78.4 cm³/mol. The van der Waals surface area contributed by atoms with Crippen LogP contribution in [0.2, 0.25) is 0 Å². The molecule has 0 saturated heterocycles. The van der Waals surface area contributed by atoms with Crippen LogP contribution < -0.4 is 5.73 Å². The van der Waals surface area contributed by atoms with E-state index in [0.717, 1.165) is 23.5 Å². The van der Waals surface area contributed by atoms with E-state index >= 15 is 0 Å². The first-order valence-corrected chi connectivity index (χ1v) is 6.90. The molecule has 1 aromatic heterocycles. The van der Waals surface area contributed by atoms with E-state index in [1.165, 1.54) is 0 Å². The van der Waals surface area contributed by atoms with Crippen LogP contribution in [0, 0.1) is 6.92 Å². The number of aryl methyl sites for hydroxylation is 2. The zero-order valence-corrected chi connectivity index (χ0v) is 12.1. The Kier molecular flexibility index (Phi) is 4.52. The van der Waals surface area contributed by atoms with Crippen LogP contribution in [-0.2, 0) is 18.4 Å². The van der Waals surface area contributed by atoms with E-state index in [9.17, 15) is 5.11 Å². The third-order valence-electron chi connectivity index (χ3n) is 3.90. The van der Waals surface area contributed by atoms with Gasteiger partial charge in [-0.3, -0.25) is 4.68 Å². The molecule has 0 amide bonds. The molecular weight excluding hydrogens is 252 g/mol. The van der Waals surface area contributed by atoms with E-state index in [0.29, 0.717) is 13.0 Å². The van der Waals surface area contributed by atoms with Crippen LogP contribution in [0.3, 0.4) is 0 Å². The van der Waals surface area contributed by atoms with Crippen molar-refractivity contribution in [3.63, 3.8) is 0 Å². The summed E-state index contributed by atoms with van der Waals surface area (Å²) < 4.78 is 1.85. The van der Waals surface area contributed by atoms with E-state index in [1.807, 2.05) is 42.8 Å². The van der Waals surface area contributed by atoms with Gasteiger partial charge in [0.1, 0.15) is 12.2 Å². The molecule has 2 rings (SSSR count). The molecule has 1 unspecified atom stereocenters. The van der Waals surface area contributed by atoms with Gasteiger partial charge in [0.05, 0.1) is 6.61 Å². The minimum absolute atomic E-state index is 0.00900. The highest BCUT2D eigenvalue weighted by molar-refractivity contribution is 5.35. The standard InChI is InChI=1S/C15H22N4O/c1-3-19-14(17-11-18-19)8-15(9-16,10-20)13-7-5-4-6-12(13)2/h4-7,11,20H,3,8-10,16H2,1-2H3. The van der Waals surface area contributed by atoms with Crippen LogP contribution in [0.4, 0.5) is 0 Å². The van der Waals surface area contributed by atoms with E-state index in [1.54, 1.807) is 6.33 Å². The van der Waals surface area contributed by atoms with Gasteiger partial charge in [-0.15, -0.1) is 0 Å². The molecule has 1 atom stereocenters. The zero-order chi connectivity index (χ0) is 14.6. The molecular formula is C15H22N4O. The fourth-order valence-electron chi connectivity index (χ4n) is 2.64. The Labute approximate surface area is 119 Å². The molecule has 1 heterocycles. The van der Waals surface area contributed by atoms with Crippen LogP contribution in [0.25, 0.3) is 0 Å². The first-order chi connectivity index (χ1) is 9.66. The van der Waals surface area contributed by atoms with E-state index in [4.69, 9.17) is 5.73 Å². The molecule has 2 aromatic rings. The number of hydrogen-bond donors (Lipinski definition) is 2. The molecule has 0 radical (unpaired) electrons. The van der Waals surface area contributed by atoms with Gasteiger partial charge in [-0.1, -0.05) is 24.3 Å². The van der Waals surface area contributed by atoms with Crippen molar-refractivity contribution in [2.24, 2.45) is 5.73 Å². The molecule has 0 spiro atoms. The quantitative estimate of drug-likeness (QED) is 0.825. The van der Waals surface area contributed by atoms with Gasteiger partial charge in [0.25, 0.3) is 0 Å². The second kappa shape index (κ2) is 6.15. The number of nitrogens with two attached hydrogens (primary N) is 1. The van der Waals surface area contributed by atoms with Crippen molar-refractivity contribution in [1.29, 1.82) is 0 Å². The number of benzene rings is 1. The second-order valence-corrected chi connectivity index (χ2v) is 5.13. The fourth-order valence-corrected chi connectivity index (χ4v) is 2.64. The van der Waals surface area contributed by atoms with Gasteiger partial charge in [-0.25, -0.2) is 4.98 Å². The third kappa shape index (κ3) is 2.59. The monoisotopic (exact) mass is 274 g/mol. The van der Waals surface area contributed by atoms with Crippen molar-refractivity contribution in [1.82, 2.24) is 14.8 Å². The molecule has 1 aromatic carbocycles. The topological polar surface area (TPSA) is 77.0 Å². The Bertz CT molecular complexity index is 561. The average molecular weight is 274 g/mol. The number of aliphatic hydroxyl groups excluding tert-OH is 1. The average Bonchev–Trinajstić information content (AvgIpc) is 2.92. The summed E-state index contributed by atoms with van der Waals surface area (Å²) in [5.74, 6) is 0.857. The highest BCUT2D eigenvalue weighted by Crippen LogP contribution is 2.29. The van der Waals surface area contributed by atoms with Gasteiger partial charge >= 0.3 is 0 Å². The Morgan fingerprint density at radius 3 is 2.70 bits per heavy atom. The minimum Gasteiger partial charge on any atom is -0.395 e. The lowest BCUT2D eigenvalue weighted by Gasteiger charge is -2.32. The largest absolute Gasteiger partial charge is 0.395 e. The molecule has 5 heteroatoms. The fraction of sp³-hybridized carbons (Fsp3) is 0.467. The SMILES string of the molecule is CCn1ncnc1CC(CN)(CO)c1ccccc1C. The maximum absolute atomic E-state index is 9.98. The molecule has 0 saturated carbocycles. The summed E-state index contributed by atoms with van der Waals surface area (Å²) in [6, 6.07) is 8.05. The predicted octanol–water partition coefficient (Wildman–Crippen LogP) is 1.04. The summed E-state index contributed by atoms with van der Waals surface area (Å²) in [5.41, 5.74) is 7.71. The van der Waals surface area contributed by atoms with Crippen LogP contribution >= 0.6 is 0 Å². The number of aromatic nitrogens is 3. The van der Waals surface area contributed by atoms with E-state index in [-0.39, 0.29) is 6.61 Å². The van der Waals surface area contributed by atoms with Gasteiger partial charge in [0.15, 0.2) is 0 Å². The number of hydrogen-bond acceptors (Lipinski definition) is 4. The Morgan fingerprint density at radius 2 is 2.10 bits per heavy atom. The third-order valence-corrected chi connectivity index (χ3v) is 3.90. The maximum atomic E-state index is 9.98. The van der Waals surface area contributed by atoms with E-state index < -0.39 is 5.41 Å². The van der Waals surface area contributed by atoms with Crippen molar-refractivity contribution in [2.45, 2.75) is 32.2 Å². The molecule has 3 N–H and O–H groups in total. The molecule has 108 valence electrons. The van der Waals surface area contributed by atoms with Gasteiger partial charge < -0.3 is 10.8 Å². The van der Waals surface area contributed by atoms with Crippen molar-refractivity contribution in [3.05, 3.63) is 47.5 Å². The molecule has 0 fully saturated rings. The van der Waals surface area contributed by atoms with Gasteiger partial charge in [-0.05, 0) is 25.0 Å². The summed E-state index contributed by atoms with van der Waals surface area (Å²) in [4.78, 5) is 4.31. The lowest BCUT2D eigenvalue weighted by Crippen LogP contribution is -2.42. The Morgan fingerprint density at radius 1 is 1.35 bits per heavy atom. The summed E-state index contributed by atoms with van der Waals surface area (Å²) in [7, 11) is 0. The summed E-state index contributed by atoms with van der Waals surface area (Å²) in [5, 5.41) is 14.2. The number of nitrogens with zero attached hydrogens (tertiary/aromatic N) is 3. The van der Waals surface area contributed by atoms with Gasteiger partial charge in [0, 0.05) is 24.9 Å². The lowest BCUT2D eigenvalue weighted by atomic mass is 9.76. The van der Waals surface area contributed by atoms with Crippen molar-refractivity contribution >= 4 is 0 Å². The van der Waals surface area contributed by atoms with Gasteiger partial charge in [0.2, 0.25) is 0 Å². The van der Waals surface area contributed by atoms with Crippen LogP contribution in [0.15, 0.2) is 30.6 Å². The second-order valence-electron chi connectivity index (χ2n) is 5.13. The molecule has 20 heavy (non-hydrogen) atoms. The smallest absolute Gasteiger partial charge is 0.138 e. The first-order valence-electron chi connectivity index (χ1n) is 6.90. The summed E-state index contributed by atoms with van der Waals surface area (Å²) in [6.45, 7) is 5.18. The minimum atomic E-state index is -0.509. The van der Waals surface area contributed by atoms with Gasteiger partial charge in [-0.2, -0.15) is 5.10 Å². The number of aliphatic hydroxyl groups is 1.